The summed E-state index contributed by atoms with van der Waals surface area (Å²) < 4.78 is 17.6. The highest BCUT2D eigenvalue weighted by Crippen LogP contribution is 2.32. The van der Waals surface area contributed by atoms with Crippen molar-refractivity contribution in [1.29, 1.82) is 0 Å². The predicted octanol–water partition coefficient (Wildman–Crippen LogP) is 4.02. The van der Waals surface area contributed by atoms with Crippen molar-refractivity contribution in [2.24, 2.45) is 0 Å². The second-order valence-electron chi connectivity index (χ2n) is 7.10. The third kappa shape index (κ3) is 3.23. The van der Waals surface area contributed by atoms with Crippen LogP contribution in [0.25, 0.3) is 21.2 Å². The van der Waals surface area contributed by atoms with E-state index in [1.54, 1.807) is 31.6 Å². The highest BCUT2D eigenvalue weighted by Gasteiger charge is 2.26. The Labute approximate surface area is 177 Å². The number of rotatable bonds is 4. The minimum Gasteiger partial charge on any atom is -0.497 e. The van der Waals surface area contributed by atoms with Gasteiger partial charge in [0.2, 0.25) is 0 Å². The molecule has 0 atom stereocenters. The third-order valence-electron chi connectivity index (χ3n) is 5.36. The molecule has 30 heavy (non-hydrogen) atoms. The van der Waals surface area contributed by atoms with E-state index < -0.39 is 0 Å². The summed E-state index contributed by atoms with van der Waals surface area (Å²) in [7, 11) is 3.26. The fourth-order valence-electron chi connectivity index (χ4n) is 3.71. The number of carbonyl (C=O) groups excluding carboxylic acids is 1. The van der Waals surface area contributed by atoms with Gasteiger partial charge in [-0.1, -0.05) is 23.5 Å². The molecular weight excluding hydrogens is 402 g/mol. The summed E-state index contributed by atoms with van der Waals surface area (Å²) in [5.41, 5.74) is 1.57. The van der Waals surface area contributed by atoms with E-state index in [0.717, 1.165) is 39.6 Å². The van der Waals surface area contributed by atoms with Gasteiger partial charge in [-0.2, -0.15) is 0 Å². The van der Waals surface area contributed by atoms with Crippen LogP contribution in [-0.2, 0) is 0 Å². The predicted molar refractivity (Wildman–Crippen MR) is 117 cm³/mol. The van der Waals surface area contributed by atoms with E-state index in [2.05, 4.69) is 4.90 Å². The molecule has 5 rings (SSSR count). The summed E-state index contributed by atoms with van der Waals surface area (Å²) in [5.74, 6) is 1.70. The lowest BCUT2D eigenvalue weighted by Gasteiger charge is -2.34. The molecule has 1 fully saturated rings. The number of hydrogen-bond donors (Lipinski definition) is 0. The molecule has 0 bridgehead atoms. The van der Waals surface area contributed by atoms with Gasteiger partial charge in [-0.05, 0) is 30.3 Å². The quantitative estimate of drug-likeness (QED) is 0.494. The molecule has 0 N–H and O–H groups in total. The first-order chi connectivity index (χ1) is 14.7. The van der Waals surface area contributed by atoms with Crippen LogP contribution in [0.15, 0.2) is 46.9 Å². The molecule has 4 aromatic rings. The van der Waals surface area contributed by atoms with Crippen molar-refractivity contribution < 1.29 is 18.7 Å². The Morgan fingerprint density at radius 3 is 2.67 bits per heavy atom. The van der Waals surface area contributed by atoms with Gasteiger partial charge in [0.1, 0.15) is 5.75 Å². The molecular formula is C22H21N3O4S. The summed E-state index contributed by atoms with van der Waals surface area (Å²) in [5, 5.41) is 1.83. The molecule has 7 nitrogen and oxygen atoms in total. The molecule has 3 heterocycles. The number of hydrogen-bond acceptors (Lipinski definition) is 7. The second-order valence-corrected chi connectivity index (χ2v) is 8.11. The Kier molecular flexibility index (Phi) is 4.71. The Hall–Kier alpha value is -3.26. The van der Waals surface area contributed by atoms with E-state index in [4.69, 9.17) is 18.9 Å². The number of methoxy groups -OCH3 is 2. The molecule has 1 saturated heterocycles. The van der Waals surface area contributed by atoms with E-state index >= 15 is 0 Å². The van der Waals surface area contributed by atoms with E-state index in [9.17, 15) is 4.79 Å². The normalized spacial score (nSPS) is 14.5. The van der Waals surface area contributed by atoms with Crippen LogP contribution in [0.5, 0.6) is 11.5 Å². The van der Waals surface area contributed by atoms with Gasteiger partial charge in [-0.25, -0.2) is 4.98 Å². The number of anilines is 1. The highest BCUT2D eigenvalue weighted by molar-refractivity contribution is 7.22. The van der Waals surface area contributed by atoms with E-state index in [1.807, 2.05) is 41.3 Å². The van der Waals surface area contributed by atoms with Gasteiger partial charge in [-0.15, -0.1) is 0 Å². The number of aromatic nitrogens is 1. The maximum Gasteiger partial charge on any atom is 0.289 e. The SMILES string of the molecule is COc1ccc2nc(N3CCN(C(=O)c4cc5cccc(OC)c5o4)CC3)sc2c1. The van der Waals surface area contributed by atoms with Gasteiger partial charge in [0.15, 0.2) is 22.2 Å². The fraction of sp³-hybridized carbons (Fsp3) is 0.273. The summed E-state index contributed by atoms with van der Waals surface area (Å²) in [6, 6.07) is 13.3. The molecule has 2 aromatic heterocycles. The van der Waals surface area contributed by atoms with Crippen LogP contribution in [0.3, 0.4) is 0 Å². The molecule has 154 valence electrons. The van der Waals surface area contributed by atoms with Crippen molar-refractivity contribution in [3.8, 4) is 11.5 Å². The number of piperazine rings is 1. The Bertz CT molecular complexity index is 1220. The van der Waals surface area contributed by atoms with E-state index in [1.165, 1.54) is 0 Å². The first-order valence-electron chi connectivity index (χ1n) is 9.71. The van der Waals surface area contributed by atoms with Gasteiger partial charge in [-0.3, -0.25) is 4.79 Å². The minimum atomic E-state index is -0.0954. The summed E-state index contributed by atoms with van der Waals surface area (Å²) in [4.78, 5) is 21.8. The average Bonchev–Trinajstić information content (AvgIpc) is 3.42. The van der Waals surface area contributed by atoms with Crippen LogP contribution in [0.2, 0.25) is 0 Å². The lowest BCUT2D eigenvalue weighted by atomic mass is 10.2. The summed E-state index contributed by atoms with van der Waals surface area (Å²) in [6.07, 6.45) is 0. The number of fused-ring (bicyclic) bond motifs is 2. The van der Waals surface area contributed by atoms with Crippen molar-refractivity contribution in [2.45, 2.75) is 0 Å². The molecule has 1 amide bonds. The van der Waals surface area contributed by atoms with Gasteiger partial charge >= 0.3 is 0 Å². The highest BCUT2D eigenvalue weighted by atomic mass is 32.1. The number of amides is 1. The molecule has 0 saturated carbocycles. The molecule has 0 spiro atoms. The largest absolute Gasteiger partial charge is 0.497 e. The molecule has 0 aliphatic carbocycles. The van der Waals surface area contributed by atoms with Crippen LogP contribution in [0.4, 0.5) is 5.13 Å². The molecule has 1 aliphatic heterocycles. The lowest BCUT2D eigenvalue weighted by molar-refractivity contribution is 0.0717. The zero-order valence-corrected chi connectivity index (χ0v) is 17.6. The number of nitrogens with zero attached hydrogens (tertiary/aromatic N) is 3. The summed E-state index contributed by atoms with van der Waals surface area (Å²) >= 11 is 1.65. The van der Waals surface area contributed by atoms with Crippen LogP contribution < -0.4 is 14.4 Å². The van der Waals surface area contributed by atoms with Crippen LogP contribution in [0.1, 0.15) is 10.6 Å². The lowest BCUT2D eigenvalue weighted by Crippen LogP contribution is -2.48. The van der Waals surface area contributed by atoms with E-state index in [-0.39, 0.29) is 5.91 Å². The molecule has 0 unspecified atom stereocenters. The average molecular weight is 423 g/mol. The van der Waals surface area contributed by atoms with Crippen LogP contribution in [0, 0.1) is 0 Å². The Morgan fingerprint density at radius 1 is 1.07 bits per heavy atom. The van der Waals surface area contributed by atoms with Crippen LogP contribution in [-0.4, -0.2) is 56.2 Å². The van der Waals surface area contributed by atoms with Crippen molar-refractivity contribution in [2.75, 3.05) is 45.3 Å². The molecule has 0 radical (unpaired) electrons. The van der Waals surface area contributed by atoms with Gasteiger partial charge in [0.05, 0.1) is 24.4 Å². The van der Waals surface area contributed by atoms with Crippen LogP contribution >= 0.6 is 11.3 Å². The maximum absolute atomic E-state index is 13.0. The number of furan rings is 1. The van der Waals surface area contributed by atoms with Crippen molar-refractivity contribution in [1.82, 2.24) is 9.88 Å². The fourth-order valence-corrected chi connectivity index (χ4v) is 4.76. The minimum absolute atomic E-state index is 0.0954. The number of para-hydroxylation sites is 1. The Morgan fingerprint density at radius 2 is 1.90 bits per heavy atom. The maximum atomic E-state index is 13.0. The topological polar surface area (TPSA) is 68.0 Å². The Balaban J connectivity index is 1.30. The molecule has 2 aromatic carbocycles. The van der Waals surface area contributed by atoms with Crippen molar-refractivity contribution in [3.05, 3.63) is 48.2 Å². The number of carbonyl (C=O) groups is 1. The monoisotopic (exact) mass is 423 g/mol. The first kappa shape index (κ1) is 18.7. The van der Waals surface area contributed by atoms with Gasteiger partial charge in [0.25, 0.3) is 5.91 Å². The second kappa shape index (κ2) is 7.53. The molecule has 8 heteroatoms. The van der Waals surface area contributed by atoms with E-state index in [0.29, 0.717) is 30.2 Å². The summed E-state index contributed by atoms with van der Waals surface area (Å²) in [6.45, 7) is 2.69. The zero-order chi connectivity index (χ0) is 20.7. The van der Waals surface area contributed by atoms with Crippen molar-refractivity contribution >= 4 is 43.6 Å². The number of thiazole rings is 1. The van der Waals surface area contributed by atoms with Gasteiger partial charge < -0.3 is 23.7 Å². The number of ether oxygens (including phenoxy) is 2. The van der Waals surface area contributed by atoms with Crippen molar-refractivity contribution in [3.63, 3.8) is 0 Å². The third-order valence-corrected chi connectivity index (χ3v) is 6.44. The first-order valence-corrected chi connectivity index (χ1v) is 10.5. The molecule has 1 aliphatic rings. The standard InChI is InChI=1S/C22H21N3O4S/c1-27-15-6-7-16-19(13-15)30-22(23-16)25-10-8-24(9-11-25)21(26)18-12-14-4-3-5-17(28-2)20(14)29-18/h3-7,12-13H,8-11H2,1-2H3. The number of benzene rings is 2. The van der Waals surface area contributed by atoms with Gasteiger partial charge in [0, 0.05) is 31.6 Å². The smallest absolute Gasteiger partial charge is 0.289 e. The zero-order valence-electron chi connectivity index (χ0n) is 16.8.